The number of nitrogens with zero attached hydrogens (tertiary/aromatic N) is 2. The number of nitrogens with one attached hydrogen (secondary N) is 1. The van der Waals surface area contributed by atoms with Crippen LogP contribution in [0.5, 0.6) is 0 Å². The standard InChI is InChI=1S/C22H31N3O2S.HI/c1-3-23-22(25(2)15-20-9-12-28-17-20)24-14-18-5-4-6-19(13-18)16-27-21-7-10-26-11-8-21;/h4-6,9,12-13,17,21H,3,7-8,10-11,14-16H2,1-2H3,(H,23,24);1H. The zero-order chi connectivity index (χ0) is 19.6. The molecule has 1 aliphatic heterocycles. The number of hydrogen-bond acceptors (Lipinski definition) is 4. The lowest BCUT2D eigenvalue weighted by Gasteiger charge is -2.22. The first kappa shape index (κ1) is 24.1. The van der Waals surface area contributed by atoms with Crippen molar-refractivity contribution >= 4 is 41.3 Å². The van der Waals surface area contributed by atoms with Crippen LogP contribution in [0.2, 0.25) is 0 Å². The van der Waals surface area contributed by atoms with E-state index in [9.17, 15) is 0 Å². The van der Waals surface area contributed by atoms with E-state index in [1.54, 1.807) is 11.3 Å². The van der Waals surface area contributed by atoms with Crippen molar-refractivity contribution in [1.29, 1.82) is 0 Å². The normalized spacial score (nSPS) is 15.0. The molecule has 2 heterocycles. The van der Waals surface area contributed by atoms with Crippen molar-refractivity contribution in [2.24, 2.45) is 4.99 Å². The van der Waals surface area contributed by atoms with Gasteiger partial charge in [-0.25, -0.2) is 4.99 Å². The molecule has 0 unspecified atom stereocenters. The lowest BCUT2D eigenvalue weighted by Crippen LogP contribution is -2.38. The number of thiophene rings is 1. The van der Waals surface area contributed by atoms with Crippen molar-refractivity contribution in [2.45, 2.75) is 45.6 Å². The summed E-state index contributed by atoms with van der Waals surface area (Å²) in [7, 11) is 2.08. The highest BCUT2D eigenvalue weighted by molar-refractivity contribution is 14.0. The first-order valence-electron chi connectivity index (χ1n) is 10.0. The molecule has 0 saturated carbocycles. The van der Waals surface area contributed by atoms with E-state index in [-0.39, 0.29) is 24.0 Å². The molecule has 1 saturated heterocycles. The number of ether oxygens (including phenoxy) is 2. The van der Waals surface area contributed by atoms with Gasteiger partial charge in [-0.05, 0) is 53.3 Å². The highest BCUT2D eigenvalue weighted by Crippen LogP contribution is 2.15. The third-order valence-corrected chi connectivity index (χ3v) is 5.49. The van der Waals surface area contributed by atoms with Crippen LogP contribution in [0, 0.1) is 0 Å². The SMILES string of the molecule is CCNC(=NCc1cccc(COC2CCOCC2)c1)N(C)Cc1ccsc1.I. The Kier molecular flexibility index (Phi) is 11.0. The number of aliphatic imine (C=N–C) groups is 1. The Balaban J connectivity index is 0.00000300. The molecular formula is C22H32IN3O2S. The molecule has 2 aromatic rings. The quantitative estimate of drug-likeness (QED) is 0.307. The molecule has 0 spiro atoms. The van der Waals surface area contributed by atoms with Crippen LogP contribution in [0.25, 0.3) is 0 Å². The predicted molar refractivity (Wildman–Crippen MR) is 131 cm³/mol. The third kappa shape index (κ3) is 8.24. The van der Waals surface area contributed by atoms with E-state index in [1.165, 1.54) is 16.7 Å². The van der Waals surface area contributed by atoms with E-state index < -0.39 is 0 Å². The topological polar surface area (TPSA) is 46.1 Å². The molecule has 160 valence electrons. The summed E-state index contributed by atoms with van der Waals surface area (Å²) >= 11 is 1.73. The van der Waals surface area contributed by atoms with E-state index >= 15 is 0 Å². The van der Waals surface area contributed by atoms with Crippen LogP contribution in [-0.4, -0.2) is 43.8 Å². The van der Waals surface area contributed by atoms with Gasteiger partial charge in [0.25, 0.3) is 0 Å². The average Bonchev–Trinajstić information content (AvgIpc) is 3.23. The lowest BCUT2D eigenvalue weighted by molar-refractivity contribution is -0.0390. The minimum absolute atomic E-state index is 0. The Morgan fingerprint density at radius 1 is 1.24 bits per heavy atom. The minimum Gasteiger partial charge on any atom is -0.381 e. The molecule has 0 atom stereocenters. The highest BCUT2D eigenvalue weighted by atomic mass is 127. The fourth-order valence-corrected chi connectivity index (χ4v) is 3.90. The third-order valence-electron chi connectivity index (χ3n) is 4.75. The van der Waals surface area contributed by atoms with Crippen LogP contribution >= 0.6 is 35.3 Å². The van der Waals surface area contributed by atoms with Crippen LogP contribution in [0.3, 0.4) is 0 Å². The summed E-state index contributed by atoms with van der Waals surface area (Å²) in [5.74, 6) is 0.928. The molecule has 1 aromatic carbocycles. The summed E-state index contributed by atoms with van der Waals surface area (Å²) in [6.07, 6.45) is 2.31. The van der Waals surface area contributed by atoms with Crippen LogP contribution in [0.4, 0.5) is 0 Å². The van der Waals surface area contributed by atoms with E-state index in [4.69, 9.17) is 14.5 Å². The van der Waals surface area contributed by atoms with Gasteiger partial charge in [0.15, 0.2) is 5.96 Å². The van der Waals surface area contributed by atoms with Crippen LogP contribution in [0.15, 0.2) is 46.1 Å². The number of halogens is 1. The second-order valence-electron chi connectivity index (χ2n) is 7.10. The van der Waals surface area contributed by atoms with E-state index in [1.807, 2.05) is 0 Å². The monoisotopic (exact) mass is 529 g/mol. The Morgan fingerprint density at radius 3 is 2.76 bits per heavy atom. The molecule has 1 N–H and O–H groups in total. The van der Waals surface area contributed by atoms with Gasteiger partial charge in [0.1, 0.15) is 0 Å². The molecule has 5 nitrogen and oxygen atoms in total. The van der Waals surface area contributed by atoms with Gasteiger partial charge in [-0.15, -0.1) is 24.0 Å². The second kappa shape index (κ2) is 13.2. The molecule has 1 aromatic heterocycles. The highest BCUT2D eigenvalue weighted by Gasteiger charge is 2.14. The Bertz CT molecular complexity index is 733. The molecule has 3 rings (SSSR count). The van der Waals surface area contributed by atoms with E-state index in [0.29, 0.717) is 19.3 Å². The molecule has 7 heteroatoms. The summed E-state index contributed by atoms with van der Waals surface area (Å²) in [4.78, 5) is 7.00. The molecule has 0 amide bonds. The van der Waals surface area contributed by atoms with Gasteiger partial charge in [-0.2, -0.15) is 11.3 Å². The van der Waals surface area contributed by atoms with Gasteiger partial charge in [0, 0.05) is 33.4 Å². The first-order valence-corrected chi connectivity index (χ1v) is 11.0. The first-order chi connectivity index (χ1) is 13.7. The summed E-state index contributed by atoms with van der Waals surface area (Å²) in [5.41, 5.74) is 3.72. The fraction of sp³-hybridized carbons (Fsp3) is 0.500. The summed E-state index contributed by atoms with van der Waals surface area (Å²) in [6, 6.07) is 10.7. The molecular weight excluding hydrogens is 497 g/mol. The molecule has 1 fully saturated rings. The van der Waals surface area contributed by atoms with Crippen molar-refractivity contribution in [3.8, 4) is 0 Å². The van der Waals surface area contributed by atoms with Gasteiger partial charge >= 0.3 is 0 Å². The zero-order valence-electron chi connectivity index (χ0n) is 17.3. The van der Waals surface area contributed by atoms with Gasteiger partial charge in [-0.1, -0.05) is 24.3 Å². The number of rotatable bonds is 8. The maximum absolute atomic E-state index is 6.05. The van der Waals surface area contributed by atoms with E-state index in [2.05, 4.69) is 65.3 Å². The van der Waals surface area contributed by atoms with Gasteiger partial charge in [0.05, 0.1) is 19.3 Å². The molecule has 0 aliphatic carbocycles. The smallest absolute Gasteiger partial charge is 0.194 e. The number of guanidine groups is 1. The molecule has 0 bridgehead atoms. The average molecular weight is 529 g/mol. The summed E-state index contributed by atoms with van der Waals surface area (Å²) in [5, 5.41) is 7.69. The largest absolute Gasteiger partial charge is 0.381 e. The number of hydrogen-bond donors (Lipinski definition) is 1. The Hall–Kier alpha value is -1.16. The summed E-state index contributed by atoms with van der Waals surface area (Å²) in [6.45, 7) is 6.74. The lowest BCUT2D eigenvalue weighted by atomic mass is 10.1. The minimum atomic E-state index is 0. The fourth-order valence-electron chi connectivity index (χ4n) is 3.24. The zero-order valence-corrected chi connectivity index (χ0v) is 20.4. The van der Waals surface area contributed by atoms with Crippen molar-refractivity contribution in [2.75, 3.05) is 26.8 Å². The molecule has 1 aliphatic rings. The van der Waals surface area contributed by atoms with Gasteiger partial charge < -0.3 is 19.7 Å². The molecule has 0 radical (unpaired) electrons. The predicted octanol–water partition coefficient (Wildman–Crippen LogP) is 4.66. The maximum Gasteiger partial charge on any atom is 0.194 e. The number of benzene rings is 1. The van der Waals surface area contributed by atoms with Crippen LogP contribution < -0.4 is 5.32 Å². The van der Waals surface area contributed by atoms with Gasteiger partial charge in [0.2, 0.25) is 0 Å². The summed E-state index contributed by atoms with van der Waals surface area (Å²) < 4.78 is 11.4. The van der Waals surface area contributed by atoms with Crippen LogP contribution in [-0.2, 0) is 29.2 Å². The maximum atomic E-state index is 6.05. The van der Waals surface area contributed by atoms with E-state index in [0.717, 1.165) is 45.1 Å². The molecule has 29 heavy (non-hydrogen) atoms. The van der Waals surface area contributed by atoms with Crippen LogP contribution in [0.1, 0.15) is 36.5 Å². The van der Waals surface area contributed by atoms with Crippen molar-refractivity contribution < 1.29 is 9.47 Å². The van der Waals surface area contributed by atoms with Crippen molar-refractivity contribution in [3.05, 3.63) is 57.8 Å². The second-order valence-corrected chi connectivity index (χ2v) is 7.88. The Labute approximate surface area is 195 Å². The van der Waals surface area contributed by atoms with Gasteiger partial charge in [-0.3, -0.25) is 0 Å². The Morgan fingerprint density at radius 2 is 2.03 bits per heavy atom. The van der Waals surface area contributed by atoms with Crippen molar-refractivity contribution in [3.63, 3.8) is 0 Å². The van der Waals surface area contributed by atoms with Crippen molar-refractivity contribution in [1.82, 2.24) is 10.2 Å².